The minimum absolute atomic E-state index is 0.0132. The summed E-state index contributed by atoms with van der Waals surface area (Å²) in [6.07, 6.45) is 4.56. The fraction of sp³-hybridized carbons (Fsp3) is 0.500. The maximum absolute atomic E-state index is 12.7. The van der Waals surface area contributed by atoms with Crippen LogP contribution in [0.5, 0.6) is 0 Å². The van der Waals surface area contributed by atoms with Crippen LogP contribution in [0.25, 0.3) is 10.8 Å². The third-order valence-electron chi connectivity index (χ3n) is 5.85. The SMILES string of the molecule is O=C(Cn1ncc2ccccc2c1=O)N1CC2C3CCC(O3)C2C1. The predicted octanol–water partition coefficient (Wildman–Crippen LogP) is 1.03. The summed E-state index contributed by atoms with van der Waals surface area (Å²) in [6.45, 7) is 1.53. The number of nitrogens with zero attached hydrogens (tertiary/aromatic N) is 3. The Kier molecular flexibility index (Phi) is 3.03. The first kappa shape index (κ1) is 14.2. The second-order valence-corrected chi connectivity index (χ2v) is 7.11. The molecule has 24 heavy (non-hydrogen) atoms. The Balaban J connectivity index is 1.36. The number of hydrogen-bond donors (Lipinski definition) is 0. The van der Waals surface area contributed by atoms with Gasteiger partial charge in [-0.05, 0) is 18.9 Å². The van der Waals surface area contributed by atoms with Crippen LogP contribution in [0.2, 0.25) is 0 Å². The normalized spacial score (nSPS) is 30.9. The van der Waals surface area contributed by atoms with Crippen molar-refractivity contribution in [1.82, 2.24) is 14.7 Å². The van der Waals surface area contributed by atoms with Crippen LogP contribution in [0.1, 0.15) is 12.8 Å². The molecule has 0 spiro atoms. The number of carbonyl (C=O) groups excluding carboxylic acids is 1. The summed E-state index contributed by atoms with van der Waals surface area (Å²) in [5.41, 5.74) is -0.204. The van der Waals surface area contributed by atoms with Gasteiger partial charge < -0.3 is 9.64 Å². The highest BCUT2D eigenvalue weighted by Gasteiger charge is 2.53. The topological polar surface area (TPSA) is 64.4 Å². The van der Waals surface area contributed by atoms with Crippen molar-refractivity contribution < 1.29 is 9.53 Å². The van der Waals surface area contributed by atoms with Gasteiger partial charge in [0.15, 0.2) is 0 Å². The van der Waals surface area contributed by atoms with Gasteiger partial charge in [-0.1, -0.05) is 18.2 Å². The lowest BCUT2D eigenvalue weighted by Gasteiger charge is -2.19. The number of aromatic nitrogens is 2. The first-order valence-corrected chi connectivity index (χ1v) is 8.59. The average molecular weight is 325 g/mol. The van der Waals surface area contributed by atoms with Crippen molar-refractivity contribution in [1.29, 1.82) is 0 Å². The summed E-state index contributed by atoms with van der Waals surface area (Å²) in [5.74, 6) is 0.941. The van der Waals surface area contributed by atoms with E-state index in [0.717, 1.165) is 31.3 Å². The molecule has 4 atom stereocenters. The number of amides is 1. The van der Waals surface area contributed by atoms with Crippen LogP contribution >= 0.6 is 0 Å². The van der Waals surface area contributed by atoms with Crippen LogP contribution in [0.3, 0.4) is 0 Å². The first-order valence-electron chi connectivity index (χ1n) is 8.59. The van der Waals surface area contributed by atoms with Crippen LogP contribution in [0, 0.1) is 11.8 Å². The second kappa shape index (κ2) is 5.14. The second-order valence-electron chi connectivity index (χ2n) is 7.11. The molecule has 4 heterocycles. The summed E-state index contributed by atoms with van der Waals surface area (Å²) in [7, 11) is 0. The van der Waals surface area contributed by atoms with Gasteiger partial charge in [0, 0.05) is 30.3 Å². The predicted molar refractivity (Wildman–Crippen MR) is 87.5 cm³/mol. The Labute approximate surface area is 139 Å². The van der Waals surface area contributed by atoms with E-state index in [4.69, 9.17) is 4.74 Å². The van der Waals surface area contributed by atoms with Gasteiger partial charge in [-0.25, -0.2) is 4.68 Å². The van der Waals surface area contributed by atoms with E-state index in [-0.39, 0.29) is 18.0 Å². The molecular weight excluding hydrogens is 306 g/mol. The van der Waals surface area contributed by atoms with Gasteiger partial charge in [0.1, 0.15) is 6.54 Å². The maximum atomic E-state index is 12.7. The van der Waals surface area contributed by atoms with Gasteiger partial charge >= 0.3 is 0 Å². The van der Waals surface area contributed by atoms with E-state index in [2.05, 4.69) is 5.10 Å². The largest absolute Gasteiger partial charge is 0.374 e. The van der Waals surface area contributed by atoms with Crippen LogP contribution in [0.15, 0.2) is 35.3 Å². The maximum Gasteiger partial charge on any atom is 0.275 e. The van der Waals surface area contributed by atoms with Crippen molar-refractivity contribution >= 4 is 16.7 Å². The Hall–Kier alpha value is -2.21. The molecule has 1 amide bonds. The van der Waals surface area contributed by atoms with E-state index in [0.29, 0.717) is 29.4 Å². The van der Waals surface area contributed by atoms with E-state index >= 15 is 0 Å². The van der Waals surface area contributed by atoms with Gasteiger partial charge in [-0.3, -0.25) is 9.59 Å². The number of ether oxygens (including phenoxy) is 1. The molecule has 1 aromatic heterocycles. The lowest BCUT2D eigenvalue weighted by molar-refractivity contribution is -0.131. The minimum atomic E-state index is -0.204. The van der Waals surface area contributed by atoms with Gasteiger partial charge in [0.05, 0.1) is 23.8 Å². The van der Waals surface area contributed by atoms with Gasteiger partial charge in [0.2, 0.25) is 5.91 Å². The van der Waals surface area contributed by atoms with E-state index in [9.17, 15) is 9.59 Å². The molecule has 6 nitrogen and oxygen atoms in total. The Morgan fingerprint density at radius 1 is 1.17 bits per heavy atom. The minimum Gasteiger partial charge on any atom is -0.374 e. The van der Waals surface area contributed by atoms with Gasteiger partial charge in [-0.15, -0.1) is 0 Å². The molecule has 0 saturated carbocycles. The molecule has 124 valence electrons. The summed E-state index contributed by atoms with van der Waals surface area (Å²) < 4.78 is 7.23. The molecule has 0 aliphatic carbocycles. The molecule has 0 radical (unpaired) electrons. The van der Waals surface area contributed by atoms with E-state index < -0.39 is 0 Å². The van der Waals surface area contributed by atoms with Crippen molar-refractivity contribution in [3.05, 3.63) is 40.8 Å². The van der Waals surface area contributed by atoms with E-state index in [1.807, 2.05) is 23.1 Å². The van der Waals surface area contributed by atoms with Crippen molar-refractivity contribution in [3.63, 3.8) is 0 Å². The lowest BCUT2D eigenvalue weighted by atomic mass is 9.82. The van der Waals surface area contributed by atoms with Crippen LogP contribution < -0.4 is 5.56 Å². The molecule has 3 aliphatic rings. The molecule has 5 rings (SSSR count). The number of rotatable bonds is 2. The molecule has 3 aliphatic heterocycles. The fourth-order valence-electron chi connectivity index (χ4n) is 4.63. The molecular formula is C18H19N3O3. The van der Waals surface area contributed by atoms with Crippen molar-refractivity contribution in [2.24, 2.45) is 11.8 Å². The first-order chi connectivity index (χ1) is 11.7. The standard InChI is InChI=1S/C18H19N3O3/c22-17(20-8-13-14(9-20)16-6-5-15(13)24-16)10-21-18(23)12-4-2-1-3-11(12)7-19-21/h1-4,7,13-16H,5-6,8-10H2. The molecule has 3 saturated heterocycles. The quantitative estimate of drug-likeness (QED) is 0.827. The molecule has 2 bridgehead atoms. The number of hydrogen-bond acceptors (Lipinski definition) is 4. The molecule has 3 fully saturated rings. The molecule has 1 aromatic carbocycles. The van der Waals surface area contributed by atoms with Crippen LogP contribution in [0.4, 0.5) is 0 Å². The Morgan fingerprint density at radius 2 is 1.88 bits per heavy atom. The van der Waals surface area contributed by atoms with Gasteiger partial charge in [-0.2, -0.15) is 5.10 Å². The average Bonchev–Trinajstić information content (AvgIpc) is 3.30. The highest BCUT2D eigenvalue weighted by molar-refractivity contribution is 5.81. The van der Waals surface area contributed by atoms with E-state index in [1.54, 1.807) is 12.3 Å². The third-order valence-corrected chi connectivity index (χ3v) is 5.85. The van der Waals surface area contributed by atoms with Crippen LogP contribution in [-0.2, 0) is 16.1 Å². The Bertz CT molecular complexity index is 859. The fourth-order valence-corrected chi connectivity index (χ4v) is 4.63. The summed E-state index contributed by atoms with van der Waals surface area (Å²) in [5, 5.41) is 5.57. The zero-order chi connectivity index (χ0) is 16.3. The molecule has 2 aromatic rings. The third kappa shape index (κ3) is 2.02. The van der Waals surface area contributed by atoms with Crippen LogP contribution in [-0.4, -0.2) is 45.9 Å². The summed E-state index contributed by atoms with van der Waals surface area (Å²) in [6, 6.07) is 7.33. The molecule has 4 unspecified atom stereocenters. The number of likely N-dealkylation sites (tertiary alicyclic amines) is 1. The van der Waals surface area contributed by atoms with E-state index in [1.165, 1.54) is 4.68 Å². The molecule has 0 N–H and O–H groups in total. The highest BCUT2D eigenvalue weighted by atomic mass is 16.5. The lowest BCUT2D eigenvalue weighted by Crippen LogP contribution is -2.37. The number of carbonyl (C=O) groups is 1. The zero-order valence-electron chi connectivity index (χ0n) is 13.3. The number of benzene rings is 1. The monoisotopic (exact) mass is 325 g/mol. The van der Waals surface area contributed by atoms with Crippen molar-refractivity contribution in [2.75, 3.05) is 13.1 Å². The Morgan fingerprint density at radius 3 is 2.62 bits per heavy atom. The zero-order valence-corrected chi connectivity index (χ0v) is 13.3. The smallest absolute Gasteiger partial charge is 0.275 e. The van der Waals surface area contributed by atoms with Gasteiger partial charge in [0.25, 0.3) is 5.56 Å². The van der Waals surface area contributed by atoms with Crippen molar-refractivity contribution in [3.8, 4) is 0 Å². The number of fused-ring (bicyclic) bond motifs is 6. The molecule has 6 heteroatoms. The highest BCUT2D eigenvalue weighted by Crippen LogP contribution is 2.47. The van der Waals surface area contributed by atoms with Crippen molar-refractivity contribution in [2.45, 2.75) is 31.6 Å². The summed E-state index contributed by atoms with van der Waals surface area (Å²) in [4.78, 5) is 27.0. The summed E-state index contributed by atoms with van der Waals surface area (Å²) >= 11 is 0.